The number of rotatable bonds is 8. The summed E-state index contributed by atoms with van der Waals surface area (Å²) in [7, 11) is -1.84. The summed E-state index contributed by atoms with van der Waals surface area (Å²) in [6.45, 7) is 3.91. The van der Waals surface area contributed by atoms with Crippen LogP contribution in [0.4, 0.5) is 0 Å². The third-order valence-electron chi connectivity index (χ3n) is 3.83. The first-order chi connectivity index (χ1) is 12.9. The van der Waals surface area contributed by atoms with Crippen molar-refractivity contribution < 1.29 is 8.42 Å². The summed E-state index contributed by atoms with van der Waals surface area (Å²) in [5, 5.41) is 7.20. The van der Waals surface area contributed by atoms with Crippen LogP contribution in [-0.2, 0) is 28.9 Å². The van der Waals surface area contributed by atoms with Crippen LogP contribution in [0.2, 0.25) is 5.02 Å². The summed E-state index contributed by atoms with van der Waals surface area (Å²) in [4.78, 5) is 4.57. The van der Waals surface area contributed by atoms with E-state index in [-0.39, 0.29) is 5.75 Å². The number of nitrogens with one attached hydrogen (secondary N) is 3. The Morgan fingerprint density at radius 2 is 1.56 bits per heavy atom. The molecule has 8 heteroatoms. The molecule has 0 fully saturated rings. The highest BCUT2D eigenvalue weighted by molar-refractivity contribution is 7.88. The maximum absolute atomic E-state index is 11.6. The van der Waals surface area contributed by atoms with Crippen molar-refractivity contribution in [2.24, 2.45) is 4.99 Å². The topological polar surface area (TPSA) is 82.6 Å². The fourth-order valence-corrected chi connectivity index (χ4v) is 3.23. The minimum Gasteiger partial charge on any atom is -0.357 e. The second-order valence-electron chi connectivity index (χ2n) is 5.95. The lowest BCUT2D eigenvalue weighted by Gasteiger charge is -2.12. The monoisotopic (exact) mass is 408 g/mol. The first kappa shape index (κ1) is 21.2. The van der Waals surface area contributed by atoms with Gasteiger partial charge in [0.2, 0.25) is 10.0 Å². The van der Waals surface area contributed by atoms with Crippen molar-refractivity contribution in [3.8, 4) is 0 Å². The standard InChI is InChI=1S/C19H25ClN4O2S/c1-3-22-19(24-13-16-8-10-18(20)11-9-16)23-12-15-4-6-17(7-5-15)14-27(25,26)21-2/h4-11,21H,3,12-14H2,1-2H3,(H2,22,23,24). The molecule has 0 radical (unpaired) electrons. The second kappa shape index (κ2) is 10.3. The van der Waals surface area contributed by atoms with E-state index in [1.165, 1.54) is 7.05 Å². The van der Waals surface area contributed by atoms with Gasteiger partial charge in [0.15, 0.2) is 5.96 Å². The highest BCUT2D eigenvalue weighted by Gasteiger charge is 2.08. The number of hydrogen-bond acceptors (Lipinski definition) is 3. The molecule has 2 aromatic rings. The van der Waals surface area contributed by atoms with Crippen LogP contribution in [0, 0.1) is 0 Å². The van der Waals surface area contributed by atoms with Crippen LogP contribution in [0.3, 0.4) is 0 Å². The molecule has 27 heavy (non-hydrogen) atoms. The zero-order valence-electron chi connectivity index (χ0n) is 15.5. The molecular formula is C19H25ClN4O2S. The van der Waals surface area contributed by atoms with Crippen LogP contribution >= 0.6 is 11.6 Å². The fraction of sp³-hybridized carbons (Fsp3) is 0.316. The Morgan fingerprint density at radius 3 is 2.15 bits per heavy atom. The highest BCUT2D eigenvalue weighted by Crippen LogP contribution is 2.10. The average Bonchev–Trinajstić information content (AvgIpc) is 2.66. The molecule has 2 aromatic carbocycles. The van der Waals surface area contributed by atoms with Crippen molar-refractivity contribution in [3.05, 3.63) is 70.2 Å². The molecule has 2 rings (SSSR count). The van der Waals surface area contributed by atoms with Crippen molar-refractivity contribution in [2.75, 3.05) is 13.6 Å². The summed E-state index contributed by atoms with van der Waals surface area (Å²) in [5.41, 5.74) is 2.86. The maximum Gasteiger partial charge on any atom is 0.215 e. The first-order valence-electron chi connectivity index (χ1n) is 8.67. The third kappa shape index (κ3) is 7.58. The number of halogens is 1. The van der Waals surface area contributed by atoms with Crippen LogP contribution in [0.1, 0.15) is 23.6 Å². The molecule has 0 bridgehead atoms. The average molecular weight is 409 g/mol. The van der Waals surface area contributed by atoms with Crippen molar-refractivity contribution in [3.63, 3.8) is 0 Å². The molecule has 3 N–H and O–H groups in total. The predicted octanol–water partition coefficient (Wildman–Crippen LogP) is 2.64. The van der Waals surface area contributed by atoms with Crippen LogP contribution < -0.4 is 15.4 Å². The number of sulfonamides is 1. The number of hydrogen-bond donors (Lipinski definition) is 3. The van der Waals surface area contributed by atoms with E-state index in [0.29, 0.717) is 24.1 Å². The molecule has 0 aromatic heterocycles. The van der Waals surface area contributed by atoms with Gasteiger partial charge in [-0.3, -0.25) is 0 Å². The van der Waals surface area contributed by atoms with Gasteiger partial charge in [-0.1, -0.05) is 48.0 Å². The molecule has 146 valence electrons. The molecule has 0 amide bonds. The lowest BCUT2D eigenvalue weighted by Crippen LogP contribution is -2.36. The predicted molar refractivity (Wildman–Crippen MR) is 111 cm³/mol. The van der Waals surface area contributed by atoms with E-state index >= 15 is 0 Å². The molecule has 0 saturated carbocycles. The Kier molecular flexibility index (Phi) is 8.09. The first-order valence-corrected chi connectivity index (χ1v) is 10.7. The second-order valence-corrected chi connectivity index (χ2v) is 8.32. The Labute approximate surface area is 166 Å². The van der Waals surface area contributed by atoms with Crippen LogP contribution in [0.15, 0.2) is 53.5 Å². The molecule has 0 aliphatic carbocycles. The zero-order chi connectivity index (χ0) is 19.7. The molecule has 0 atom stereocenters. The van der Waals surface area contributed by atoms with Gasteiger partial charge >= 0.3 is 0 Å². The molecular weight excluding hydrogens is 384 g/mol. The Bertz CT molecular complexity index is 850. The van der Waals surface area contributed by atoms with Crippen LogP contribution in [-0.4, -0.2) is 28.0 Å². The SMILES string of the molecule is CCNC(=NCc1ccc(Cl)cc1)NCc1ccc(CS(=O)(=O)NC)cc1. The van der Waals surface area contributed by atoms with Crippen molar-refractivity contribution in [1.29, 1.82) is 0 Å². The lowest BCUT2D eigenvalue weighted by atomic mass is 10.1. The van der Waals surface area contributed by atoms with Gasteiger partial charge in [0.25, 0.3) is 0 Å². The number of aliphatic imine (C=N–C) groups is 1. The quantitative estimate of drug-likeness (QED) is 0.463. The molecule has 0 unspecified atom stereocenters. The van der Waals surface area contributed by atoms with Gasteiger partial charge in [0.05, 0.1) is 12.3 Å². The largest absolute Gasteiger partial charge is 0.357 e. The molecule has 0 saturated heterocycles. The number of nitrogens with zero attached hydrogens (tertiary/aromatic N) is 1. The molecule has 0 spiro atoms. The normalized spacial score (nSPS) is 12.0. The van der Waals surface area contributed by atoms with Crippen molar-refractivity contribution in [1.82, 2.24) is 15.4 Å². The van der Waals surface area contributed by atoms with Crippen molar-refractivity contribution >= 4 is 27.6 Å². The van der Waals surface area contributed by atoms with Gasteiger partial charge < -0.3 is 10.6 Å². The number of benzene rings is 2. The Hall–Kier alpha value is -2.09. The van der Waals surface area contributed by atoms with E-state index in [9.17, 15) is 8.42 Å². The highest BCUT2D eigenvalue weighted by atomic mass is 35.5. The number of guanidine groups is 1. The van der Waals surface area contributed by atoms with Crippen LogP contribution in [0.5, 0.6) is 0 Å². The molecule has 0 heterocycles. The minimum atomic E-state index is -3.26. The van der Waals surface area contributed by atoms with E-state index in [2.05, 4.69) is 20.3 Å². The van der Waals surface area contributed by atoms with Gasteiger partial charge in [-0.15, -0.1) is 0 Å². The van der Waals surface area contributed by atoms with E-state index in [1.807, 2.05) is 55.5 Å². The minimum absolute atomic E-state index is 0.0254. The molecule has 6 nitrogen and oxygen atoms in total. The Morgan fingerprint density at radius 1 is 0.963 bits per heavy atom. The van der Waals surface area contributed by atoms with Gasteiger partial charge in [-0.05, 0) is 42.8 Å². The van der Waals surface area contributed by atoms with E-state index in [1.54, 1.807) is 0 Å². The van der Waals surface area contributed by atoms with E-state index < -0.39 is 10.0 Å². The van der Waals surface area contributed by atoms with E-state index in [0.717, 1.165) is 23.2 Å². The lowest BCUT2D eigenvalue weighted by molar-refractivity contribution is 0.587. The maximum atomic E-state index is 11.6. The van der Waals surface area contributed by atoms with Gasteiger partial charge in [-0.2, -0.15) is 0 Å². The van der Waals surface area contributed by atoms with Gasteiger partial charge in [-0.25, -0.2) is 18.1 Å². The summed E-state index contributed by atoms with van der Waals surface area (Å²) < 4.78 is 25.5. The summed E-state index contributed by atoms with van der Waals surface area (Å²) in [6.07, 6.45) is 0. The fourth-order valence-electron chi connectivity index (χ4n) is 2.33. The smallest absolute Gasteiger partial charge is 0.215 e. The summed E-state index contributed by atoms with van der Waals surface area (Å²) >= 11 is 5.90. The summed E-state index contributed by atoms with van der Waals surface area (Å²) in [5.74, 6) is 0.692. The van der Waals surface area contributed by atoms with Gasteiger partial charge in [0.1, 0.15) is 0 Å². The van der Waals surface area contributed by atoms with E-state index in [4.69, 9.17) is 11.6 Å². The molecule has 0 aliphatic heterocycles. The van der Waals surface area contributed by atoms with Crippen molar-refractivity contribution in [2.45, 2.75) is 25.8 Å². The van der Waals surface area contributed by atoms with Gasteiger partial charge in [0, 0.05) is 18.1 Å². The zero-order valence-corrected chi connectivity index (χ0v) is 17.1. The molecule has 0 aliphatic rings. The Balaban J connectivity index is 1.94. The third-order valence-corrected chi connectivity index (χ3v) is 5.42. The van der Waals surface area contributed by atoms with Crippen LogP contribution in [0.25, 0.3) is 0 Å². The summed E-state index contributed by atoms with van der Waals surface area (Å²) in [6, 6.07) is 15.1.